The van der Waals surface area contributed by atoms with Gasteiger partial charge in [0.05, 0.1) is 0 Å². The van der Waals surface area contributed by atoms with Crippen LogP contribution in [0.25, 0.3) is 0 Å². The highest BCUT2D eigenvalue weighted by Gasteiger charge is 2.39. The summed E-state index contributed by atoms with van der Waals surface area (Å²) in [5.74, 6) is 2.00. The third-order valence-electron chi connectivity index (χ3n) is 4.57. The number of nitrogens with one attached hydrogen (secondary N) is 1. The van der Waals surface area contributed by atoms with Crippen molar-refractivity contribution in [1.82, 2.24) is 10.2 Å². The number of nitrogens with zero attached hydrogens (tertiary/aromatic N) is 1. The van der Waals surface area contributed by atoms with Crippen molar-refractivity contribution in [3.05, 3.63) is 0 Å². The molecule has 0 aromatic heterocycles. The SMILES string of the molecule is C1C[C@@H]2CNC[C@H]2[C@@H](N2CCCC2)C1. The van der Waals surface area contributed by atoms with Crippen LogP contribution in [0.15, 0.2) is 0 Å². The largest absolute Gasteiger partial charge is 0.316 e. The molecule has 0 unspecified atom stereocenters. The molecule has 2 nitrogen and oxygen atoms in total. The highest BCUT2D eigenvalue weighted by molar-refractivity contribution is 4.94. The van der Waals surface area contributed by atoms with Gasteiger partial charge >= 0.3 is 0 Å². The summed E-state index contributed by atoms with van der Waals surface area (Å²) in [6.45, 7) is 5.36. The molecule has 3 rings (SSSR count). The molecule has 3 fully saturated rings. The highest BCUT2D eigenvalue weighted by atomic mass is 15.2. The first-order chi connectivity index (χ1) is 6.95. The van der Waals surface area contributed by atoms with E-state index in [-0.39, 0.29) is 0 Å². The fourth-order valence-electron chi connectivity index (χ4n) is 3.85. The second-order valence-corrected chi connectivity index (χ2v) is 5.32. The van der Waals surface area contributed by atoms with Crippen molar-refractivity contribution in [1.29, 1.82) is 0 Å². The van der Waals surface area contributed by atoms with E-state index in [4.69, 9.17) is 0 Å². The number of likely N-dealkylation sites (tertiary alicyclic amines) is 1. The summed E-state index contributed by atoms with van der Waals surface area (Å²) in [7, 11) is 0. The maximum absolute atomic E-state index is 3.59. The van der Waals surface area contributed by atoms with Crippen molar-refractivity contribution in [3.8, 4) is 0 Å². The van der Waals surface area contributed by atoms with E-state index in [1.165, 1.54) is 58.3 Å². The lowest BCUT2D eigenvalue weighted by atomic mass is 9.77. The molecule has 0 spiro atoms. The van der Waals surface area contributed by atoms with Crippen molar-refractivity contribution < 1.29 is 0 Å². The summed E-state index contributed by atoms with van der Waals surface area (Å²) in [4.78, 5) is 2.78. The second-order valence-electron chi connectivity index (χ2n) is 5.32. The Labute approximate surface area is 87.0 Å². The van der Waals surface area contributed by atoms with Gasteiger partial charge in [-0.1, -0.05) is 6.42 Å². The van der Waals surface area contributed by atoms with E-state index in [1.807, 2.05) is 0 Å². The van der Waals surface area contributed by atoms with Gasteiger partial charge in [-0.25, -0.2) is 0 Å². The molecule has 2 heterocycles. The van der Waals surface area contributed by atoms with Gasteiger partial charge < -0.3 is 10.2 Å². The van der Waals surface area contributed by atoms with Crippen LogP contribution in [0.2, 0.25) is 0 Å². The van der Waals surface area contributed by atoms with Crippen LogP contribution >= 0.6 is 0 Å². The zero-order valence-electron chi connectivity index (χ0n) is 9.04. The summed E-state index contributed by atoms with van der Waals surface area (Å²) < 4.78 is 0. The Kier molecular flexibility index (Phi) is 2.50. The Balaban J connectivity index is 1.70. The lowest BCUT2D eigenvalue weighted by Crippen LogP contribution is -2.44. The first-order valence-corrected chi connectivity index (χ1v) is 6.40. The molecule has 2 aliphatic heterocycles. The fraction of sp³-hybridized carbons (Fsp3) is 1.00. The summed E-state index contributed by atoms with van der Waals surface area (Å²) in [6.07, 6.45) is 7.33. The van der Waals surface area contributed by atoms with Gasteiger partial charge in [0.1, 0.15) is 0 Å². The van der Waals surface area contributed by atoms with Crippen LogP contribution in [0.5, 0.6) is 0 Å². The molecule has 80 valence electrons. The summed E-state index contributed by atoms with van der Waals surface area (Å²) in [5, 5.41) is 3.59. The lowest BCUT2D eigenvalue weighted by Gasteiger charge is -2.39. The minimum Gasteiger partial charge on any atom is -0.316 e. The van der Waals surface area contributed by atoms with Gasteiger partial charge in [-0.3, -0.25) is 0 Å². The molecule has 14 heavy (non-hydrogen) atoms. The Hall–Kier alpha value is -0.0800. The average molecular weight is 194 g/mol. The normalized spacial score (nSPS) is 44.1. The van der Waals surface area contributed by atoms with E-state index in [9.17, 15) is 0 Å². The van der Waals surface area contributed by atoms with E-state index in [2.05, 4.69) is 10.2 Å². The molecule has 1 N–H and O–H groups in total. The molecule has 3 atom stereocenters. The molecular formula is C12H22N2. The van der Waals surface area contributed by atoms with Gasteiger partial charge in [0.15, 0.2) is 0 Å². The molecule has 0 amide bonds. The maximum atomic E-state index is 3.59. The highest BCUT2D eigenvalue weighted by Crippen LogP contribution is 2.36. The molecule has 1 aliphatic carbocycles. The number of hydrogen-bond acceptors (Lipinski definition) is 2. The van der Waals surface area contributed by atoms with E-state index >= 15 is 0 Å². The summed E-state index contributed by atoms with van der Waals surface area (Å²) in [6, 6.07) is 0.936. The third kappa shape index (κ3) is 1.49. The van der Waals surface area contributed by atoms with Crippen LogP contribution in [0.1, 0.15) is 32.1 Å². The first kappa shape index (κ1) is 9.17. The number of hydrogen-bond donors (Lipinski definition) is 1. The molecule has 0 bridgehead atoms. The predicted octanol–water partition coefficient (Wildman–Crippen LogP) is 1.47. The van der Waals surface area contributed by atoms with E-state index in [0.29, 0.717) is 0 Å². The third-order valence-corrected chi connectivity index (χ3v) is 4.57. The minimum atomic E-state index is 0.936. The van der Waals surface area contributed by atoms with Crippen molar-refractivity contribution >= 4 is 0 Å². The smallest absolute Gasteiger partial charge is 0.0139 e. The molecule has 2 saturated heterocycles. The summed E-state index contributed by atoms with van der Waals surface area (Å²) >= 11 is 0. The van der Waals surface area contributed by atoms with Crippen LogP contribution in [0, 0.1) is 11.8 Å². The number of rotatable bonds is 1. The van der Waals surface area contributed by atoms with Gasteiger partial charge in [-0.05, 0) is 63.7 Å². The van der Waals surface area contributed by atoms with E-state index in [0.717, 1.165) is 17.9 Å². The number of fused-ring (bicyclic) bond motifs is 1. The van der Waals surface area contributed by atoms with Crippen LogP contribution in [-0.4, -0.2) is 37.1 Å². The Morgan fingerprint density at radius 2 is 1.79 bits per heavy atom. The monoisotopic (exact) mass is 194 g/mol. The van der Waals surface area contributed by atoms with Gasteiger partial charge in [0, 0.05) is 6.04 Å². The van der Waals surface area contributed by atoms with Crippen LogP contribution in [-0.2, 0) is 0 Å². The van der Waals surface area contributed by atoms with Crippen LogP contribution in [0.4, 0.5) is 0 Å². The van der Waals surface area contributed by atoms with Crippen molar-refractivity contribution in [3.63, 3.8) is 0 Å². The molecule has 0 aromatic carbocycles. The summed E-state index contributed by atoms with van der Waals surface area (Å²) in [5.41, 5.74) is 0. The van der Waals surface area contributed by atoms with E-state index < -0.39 is 0 Å². The quantitative estimate of drug-likeness (QED) is 0.680. The minimum absolute atomic E-state index is 0.936. The predicted molar refractivity (Wildman–Crippen MR) is 58.3 cm³/mol. The van der Waals surface area contributed by atoms with Crippen molar-refractivity contribution in [2.45, 2.75) is 38.1 Å². The Morgan fingerprint density at radius 1 is 0.929 bits per heavy atom. The molecule has 0 aromatic rings. The van der Waals surface area contributed by atoms with Crippen LogP contribution < -0.4 is 5.32 Å². The second kappa shape index (κ2) is 3.82. The molecule has 2 heteroatoms. The van der Waals surface area contributed by atoms with Gasteiger partial charge in [0.25, 0.3) is 0 Å². The fourth-order valence-corrected chi connectivity index (χ4v) is 3.85. The van der Waals surface area contributed by atoms with Gasteiger partial charge in [-0.2, -0.15) is 0 Å². The zero-order valence-corrected chi connectivity index (χ0v) is 9.04. The van der Waals surface area contributed by atoms with Crippen molar-refractivity contribution in [2.24, 2.45) is 11.8 Å². The average Bonchev–Trinajstić information content (AvgIpc) is 2.88. The Bertz CT molecular complexity index is 198. The maximum Gasteiger partial charge on any atom is 0.0139 e. The standard InChI is InChI=1S/C12H22N2/c1-2-7-14(6-1)12-5-3-4-10-8-13-9-11(10)12/h10-13H,1-9H2/t10-,11-,12+/m1/s1. The Morgan fingerprint density at radius 3 is 2.64 bits per heavy atom. The molecule has 1 saturated carbocycles. The van der Waals surface area contributed by atoms with Gasteiger partial charge in [-0.15, -0.1) is 0 Å². The molecule has 3 aliphatic rings. The van der Waals surface area contributed by atoms with Gasteiger partial charge in [0.2, 0.25) is 0 Å². The van der Waals surface area contributed by atoms with Crippen LogP contribution in [0.3, 0.4) is 0 Å². The molecule has 0 radical (unpaired) electrons. The van der Waals surface area contributed by atoms with E-state index in [1.54, 1.807) is 0 Å². The first-order valence-electron chi connectivity index (χ1n) is 6.40. The zero-order chi connectivity index (χ0) is 9.38. The van der Waals surface area contributed by atoms with Crippen molar-refractivity contribution in [2.75, 3.05) is 26.2 Å². The lowest BCUT2D eigenvalue weighted by molar-refractivity contribution is 0.111. The topological polar surface area (TPSA) is 15.3 Å². The molecular weight excluding hydrogens is 172 g/mol.